The number of carbonyl (C=O) groups excluding carboxylic acids is 1. The number of amides is 1. The Labute approximate surface area is 111 Å². The first-order valence-corrected chi connectivity index (χ1v) is 7.90. The van der Waals surface area contributed by atoms with Crippen LogP contribution in [0, 0.1) is 0 Å². The molecule has 18 heavy (non-hydrogen) atoms. The van der Waals surface area contributed by atoms with Crippen molar-refractivity contribution in [1.82, 2.24) is 4.90 Å². The van der Waals surface area contributed by atoms with E-state index in [0.717, 1.165) is 12.0 Å². The Morgan fingerprint density at radius 1 is 1.28 bits per heavy atom. The predicted octanol–water partition coefficient (Wildman–Crippen LogP) is 1.77. The Balaban J connectivity index is 2.09. The van der Waals surface area contributed by atoms with Crippen LogP contribution in [0.3, 0.4) is 0 Å². The second-order valence-electron chi connectivity index (χ2n) is 4.54. The minimum absolute atomic E-state index is 0.0577. The number of carbonyl (C=O) groups is 1. The Morgan fingerprint density at radius 3 is 2.44 bits per heavy atom. The molecule has 1 amide bonds. The summed E-state index contributed by atoms with van der Waals surface area (Å²) in [5.74, 6) is 1.37. The van der Waals surface area contributed by atoms with E-state index in [1.54, 1.807) is 0 Å². The largest absolute Gasteiger partial charge is 0.340 e. The first kappa shape index (κ1) is 13.3. The van der Waals surface area contributed by atoms with E-state index in [9.17, 15) is 9.00 Å². The Morgan fingerprint density at radius 2 is 1.89 bits per heavy atom. The van der Waals surface area contributed by atoms with Crippen molar-refractivity contribution in [3.05, 3.63) is 35.9 Å². The molecule has 1 heterocycles. The highest BCUT2D eigenvalue weighted by molar-refractivity contribution is 7.85. The second kappa shape index (κ2) is 6.14. The van der Waals surface area contributed by atoms with E-state index in [0.29, 0.717) is 24.6 Å². The minimum atomic E-state index is -0.731. The third-order valence-electron chi connectivity index (χ3n) is 3.40. The SMILES string of the molecule is CCC(C(=O)N1CCS(=O)CC1)c1ccccc1. The molecule has 1 aromatic rings. The zero-order valence-corrected chi connectivity index (χ0v) is 11.5. The summed E-state index contributed by atoms with van der Waals surface area (Å²) in [6.07, 6.45) is 0.808. The van der Waals surface area contributed by atoms with E-state index in [1.165, 1.54) is 0 Å². The van der Waals surface area contributed by atoms with E-state index < -0.39 is 10.8 Å². The van der Waals surface area contributed by atoms with Gasteiger partial charge in [0.2, 0.25) is 5.91 Å². The fourth-order valence-corrected chi connectivity index (χ4v) is 3.37. The van der Waals surface area contributed by atoms with Crippen LogP contribution in [-0.2, 0) is 15.6 Å². The average molecular weight is 265 g/mol. The molecular weight excluding hydrogens is 246 g/mol. The summed E-state index contributed by atoms with van der Waals surface area (Å²) in [5.41, 5.74) is 1.08. The highest BCUT2D eigenvalue weighted by Gasteiger charge is 2.26. The highest BCUT2D eigenvalue weighted by Crippen LogP contribution is 2.22. The number of hydrogen-bond donors (Lipinski definition) is 0. The molecule has 98 valence electrons. The molecule has 1 atom stereocenters. The van der Waals surface area contributed by atoms with Gasteiger partial charge in [-0.25, -0.2) is 0 Å². The summed E-state index contributed by atoms with van der Waals surface area (Å²) in [6, 6.07) is 9.92. The van der Waals surface area contributed by atoms with Gasteiger partial charge in [0.15, 0.2) is 0 Å². The summed E-state index contributed by atoms with van der Waals surface area (Å²) in [4.78, 5) is 14.3. The minimum Gasteiger partial charge on any atom is -0.340 e. The van der Waals surface area contributed by atoms with Gasteiger partial charge in [0.25, 0.3) is 0 Å². The van der Waals surface area contributed by atoms with Crippen molar-refractivity contribution >= 4 is 16.7 Å². The van der Waals surface area contributed by atoms with Crippen molar-refractivity contribution in [1.29, 1.82) is 0 Å². The van der Waals surface area contributed by atoms with Gasteiger partial charge in [0.05, 0.1) is 5.92 Å². The highest BCUT2D eigenvalue weighted by atomic mass is 32.2. The van der Waals surface area contributed by atoms with E-state index in [1.807, 2.05) is 42.2 Å². The summed E-state index contributed by atoms with van der Waals surface area (Å²) in [7, 11) is -0.731. The van der Waals surface area contributed by atoms with E-state index in [-0.39, 0.29) is 11.8 Å². The molecule has 0 saturated carbocycles. The first-order valence-electron chi connectivity index (χ1n) is 6.41. The molecule has 0 spiro atoms. The lowest BCUT2D eigenvalue weighted by Gasteiger charge is -2.30. The molecule has 3 nitrogen and oxygen atoms in total. The van der Waals surface area contributed by atoms with E-state index >= 15 is 0 Å². The summed E-state index contributed by atoms with van der Waals surface area (Å²) >= 11 is 0. The molecular formula is C14H19NO2S. The van der Waals surface area contributed by atoms with Gasteiger partial charge in [0, 0.05) is 35.4 Å². The van der Waals surface area contributed by atoms with E-state index in [2.05, 4.69) is 0 Å². The van der Waals surface area contributed by atoms with Crippen molar-refractivity contribution in [2.45, 2.75) is 19.3 Å². The topological polar surface area (TPSA) is 37.4 Å². The van der Waals surface area contributed by atoms with E-state index in [4.69, 9.17) is 0 Å². The maximum absolute atomic E-state index is 12.5. The maximum Gasteiger partial charge on any atom is 0.230 e. The van der Waals surface area contributed by atoms with Crippen LogP contribution in [0.4, 0.5) is 0 Å². The smallest absolute Gasteiger partial charge is 0.230 e. The molecule has 0 aromatic heterocycles. The molecule has 1 saturated heterocycles. The molecule has 2 rings (SSSR count). The van der Waals surface area contributed by atoms with Crippen LogP contribution >= 0.6 is 0 Å². The molecule has 0 N–H and O–H groups in total. The van der Waals surface area contributed by atoms with Crippen LogP contribution in [0.5, 0.6) is 0 Å². The van der Waals surface area contributed by atoms with Crippen LogP contribution in [0.15, 0.2) is 30.3 Å². The molecule has 1 aliphatic rings. The van der Waals surface area contributed by atoms with Crippen molar-refractivity contribution < 1.29 is 9.00 Å². The normalized spacial score (nSPS) is 18.6. The number of nitrogens with zero attached hydrogens (tertiary/aromatic N) is 1. The standard InChI is InChI=1S/C14H19NO2S/c1-2-13(12-6-4-3-5-7-12)14(16)15-8-10-18(17)11-9-15/h3-7,13H,2,8-11H2,1H3. The van der Waals surface area contributed by atoms with Crippen molar-refractivity contribution in [2.24, 2.45) is 0 Å². The molecule has 1 aromatic carbocycles. The van der Waals surface area contributed by atoms with Crippen LogP contribution < -0.4 is 0 Å². The monoisotopic (exact) mass is 265 g/mol. The van der Waals surface area contributed by atoms with Crippen molar-refractivity contribution in [2.75, 3.05) is 24.6 Å². The molecule has 1 aliphatic heterocycles. The third-order valence-corrected chi connectivity index (χ3v) is 4.67. The van der Waals surface area contributed by atoms with Crippen molar-refractivity contribution in [3.63, 3.8) is 0 Å². The number of benzene rings is 1. The Hall–Kier alpha value is -1.16. The van der Waals surface area contributed by atoms with Gasteiger partial charge in [-0.1, -0.05) is 37.3 Å². The van der Waals surface area contributed by atoms with Gasteiger partial charge in [-0.3, -0.25) is 9.00 Å². The zero-order chi connectivity index (χ0) is 13.0. The van der Waals surface area contributed by atoms with Crippen LogP contribution in [-0.4, -0.2) is 39.6 Å². The third kappa shape index (κ3) is 2.99. The lowest BCUT2D eigenvalue weighted by atomic mass is 9.95. The lowest BCUT2D eigenvalue weighted by molar-refractivity contribution is -0.132. The average Bonchev–Trinajstić information content (AvgIpc) is 2.41. The molecule has 4 heteroatoms. The summed E-state index contributed by atoms with van der Waals surface area (Å²) in [6.45, 7) is 3.31. The van der Waals surface area contributed by atoms with Gasteiger partial charge >= 0.3 is 0 Å². The summed E-state index contributed by atoms with van der Waals surface area (Å²) in [5, 5.41) is 0. The zero-order valence-electron chi connectivity index (χ0n) is 10.7. The predicted molar refractivity (Wildman–Crippen MR) is 73.9 cm³/mol. The maximum atomic E-state index is 12.5. The quantitative estimate of drug-likeness (QED) is 0.835. The van der Waals surface area contributed by atoms with Gasteiger partial charge in [-0.15, -0.1) is 0 Å². The van der Waals surface area contributed by atoms with Gasteiger partial charge < -0.3 is 4.90 Å². The Kier molecular flexibility index (Phi) is 4.53. The molecule has 1 unspecified atom stereocenters. The molecule has 0 bridgehead atoms. The van der Waals surface area contributed by atoms with Crippen LogP contribution in [0.2, 0.25) is 0 Å². The van der Waals surface area contributed by atoms with Crippen molar-refractivity contribution in [3.8, 4) is 0 Å². The van der Waals surface area contributed by atoms with Gasteiger partial charge in [-0.2, -0.15) is 0 Å². The fourth-order valence-electron chi connectivity index (χ4n) is 2.32. The lowest BCUT2D eigenvalue weighted by Crippen LogP contribution is -2.43. The van der Waals surface area contributed by atoms with Gasteiger partial charge in [0.1, 0.15) is 0 Å². The Bertz CT molecular complexity index is 423. The number of rotatable bonds is 3. The van der Waals surface area contributed by atoms with Crippen LogP contribution in [0.25, 0.3) is 0 Å². The molecule has 0 aliphatic carbocycles. The van der Waals surface area contributed by atoms with Gasteiger partial charge in [-0.05, 0) is 12.0 Å². The second-order valence-corrected chi connectivity index (χ2v) is 6.24. The van der Waals surface area contributed by atoms with Crippen LogP contribution in [0.1, 0.15) is 24.8 Å². The summed E-state index contributed by atoms with van der Waals surface area (Å²) < 4.78 is 11.3. The fraction of sp³-hybridized carbons (Fsp3) is 0.500. The molecule has 0 radical (unpaired) electrons. The first-order chi connectivity index (χ1) is 8.72. The number of hydrogen-bond acceptors (Lipinski definition) is 2. The molecule has 1 fully saturated rings.